The number of nitrogens with zero attached hydrogens (tertiary/aromatic N) is 3. The minimum Gasteiger partial charge on any atom is -0.481 e. The Morgan fingerprint density at radius 2 is 2.23 bits per heavy atom. The highest BCUT2D eigenvalue weighted by molar-refractivity contribution is 9.10. The number of carboxylic acids is 1. The summed E-state index contributed by atoms with van der Waals surface area (Å²) in [5.41, 5.74) is 0.742. The Morgan fingerprint density at radius 3 is 2.86 bits per heavy atom. The Kier molecular flexibility index (Phi) is 5.65. The van der Waals surface area contributed by atoms with Crippen molar-refractivity contribution in [2.45, 2.75) is 25.4 Å². The largest absolute Gasteiger partial charge is 0.481 e. The van der Waals surface area contributed by atoms with Crippen molar-refractivity contribution in [2.75, 3.05) is 0 Å². The first-order valence-electron chi connectivity index (χ1n) is 6.63. The number of aromatic nitrogens is 3. The maximum atomic E-state index is 12.0. The molecule has 0 fully saturated rings. The molecule has 1 amide bonds. The van der Waals surface area contributed by atoms with Crippen molar-refractivity contribution < 1.29 is 14.7 Å². The topological polar surface area (TPSA) is 97.1 Å². The average Bonchev–Trinajstić information content (AvgIpc) is 2.97. The van der Waals surface area contributed by atoms with E-state index in [0.29, 0.717) is 6.54 Å². The third kappa shape index (κ3) is 4.96. The van der Waals surface area contributed by atoms with Crippen LogP contribution >= 0.6 is 15.9 Å². The van der Waals surface area contributed by atoms with E-state index in [0.717, 1.165) is 10.0 Å². The lowest BCUT2D eigenvalue weighted by atomic mass is 10.0. The Hall–Kier alpha value is -2.22. The Balaban J connectivity index is 1.99. The molecule has 1 unspecified atom stereocenters. The molecule has 1 aromatic carbocycles. The number of carbonyl (C=O) groups is 2. The number of amides is 1. The van der Waals surface area contributed by atoms with Crippen LogP contribution in [0, 0.1) is 0 Å². The molecule has 0 aliphatic carbocycles. The van der Waals surface area contributed by atoms with Crippen molar-refractivity contribution in [3.8, 4) is 0 Å². The molecule has 22 heavy (non-hydrogen) atoms. The first-order valence-corrected chi connectivity index (χ1v) is 7.43. The number of aliphatic carboxylic acids is 1. The zero-order chi connectivity index (χ0) is 15.9. The van der Waals surface area contributed by atoms with Gasteiger partial charge in [0.1, 0.15) is 12.7 Å². The number of carbonyl (C=O) groups excluding carboxylic acids is 1. The van der Waals surface area contributed by atoms with Crippen molar-refractivity contribution in [1.29, 1.82) is 0 Å². The molecule has 1 atom stereocenters. The fourth-order valence-electron chi connectivity index (χ4n) is 1.98. The van der Waals surface area contributed by atoms with Crippen molar-refractivity contribution in [2.24, 2.45) is 0 Å². The third-order valence-corrected chi connectivity index (χ3v) is 3.49. The third-order valence-electron chi connectivity index (χ3n) is 3.00. The van der Waals surface area contributed by atoms with Gasteiger partial charge < -0.3 is 10.4 Å². The van der Waals surface area contributed by atoms with Crippen molar-refractivity contribution >= 4 is 27.8 Å². The van der Waals surface area contributed by atoms with Crippen molar-refractivity contribution in [3.05, 3.63) is 47.0 Å². The van der Waals surface area contributed by atoms with Crippen LogP contribution in [0.1, 0.15) is 24.4 Å². The second-order valence-corrected chi connectivity index (χ2v) is 5.60. The zero-order valence-corrected chi connectivity index (χ0v) is 13.2. The van der Waals surface area contributed by atoms with Crippen molar-refractivity contribution in [1.82, 2.24) is 20.1 Å². The second kappa shape index (κ2) is 7.69. The van der Waals surface area contributed by atoms with Gasteiger partial charge in [0, 0.05) is 10.9 Å². The molecule has 0 spiro atoms. The molecule has 0 saturated heterocycles. The normalized spacial score (nSPS) is 11.9. The van der Waals surface area contributed by atoms with Crippen molar-refractivity contribution in [3.63, 3.8) is 0 Å². The number of rotatable bonds is 7. The summed E-state index contributed by atoms with van der Waals surface area (Å²) in [6.45, 7) is 0.393. The highest BCUT2D eigenvalue weighted by Crippen LogP contribution is 2.21. The summed E-state index contributed by atoms with van der Waals surface area (Å²) in [5.74, 6) is -1.21. The summed E-state index contributed by atoms with van der Waals surface area (Å²) in [6.07, 6.45) is 2.95. The molecule has 2 rings (SSSR count). The number of aryl methyl sites for hydroxylation is 1. The number of nitrogens with one attached hydrogen (secondary N) is 1. The summed E-state index contributed by atoms with van der Waals surface area (Å²) in [5, 5.41) is 15.7. The van der Waals surface area contributed by atoms with Crippen LogP contribution in [0.2, 0.25) is 0 Å². The number of halogens is 1. The van der Waals surface area contributed by atoms with Crippen LogP contribution in [0.3, 0.4) is 0 Å². The fraction of sp³-hybridized carbons (Fsp3) is 0.286. The Labute approximate surface area is 135 Å². The highest BCUT2D eigenvalue weighted by atomic mass is 79.9. The lowest BCUT2D eigenvalue weighted by Gasteiger charge is -2.17. The maximum Gasteiger partial charge on any atom is 0.305 e. The quantitative estimate of drug-likeness (QED) is 0.777. The standard InChI is InChI=1S/C14H15BrN4O3/c15-11-3-1-2-10(6-11)12(7-14(21)22)18-13(20)4-5-19-9-16-8-17-19/h1-3,6,8-9,12H,4-5,7H2,(H,18,20)(H,21,22). The summed E-state index contributed by atoms with van der Waals surface area (Å²) in [4.78, 5) is 26.8. The molecular formula is C14H15BrN4O3. The highest BCUT2D eigenvalue weighted by Gasteiger charge is 2.18. The van der Waals surface area contributed by atoms with Crippen LogP contribution in [0.5, 0.6) is 0 Å². The first kappa shape index (κ1) is 16.2. The molecule has 2 N–H and O–H groups in total. The zero-order valence-electron chi connectivity index (χ0n) is 11.6. The number of carboxylic acid groups (broad SMARTS) is 1. The van der Waals surface area contributed by atoms with Gasteiger partial charge in [-0.25, -0.2) is 4.98 Å². The molecule has 2 aromatic rings. The van der Waals surface area contributed by atoms with E-state index in [1.54, 1.807) is 22.9 Å². The number of hydrogen-bond donors (Lipinski definition) is 2. The molecule has 0 aliphatic heterocycles. The molecule has 1 aromatic heterocycles. The molecule has 1 heterocycles. The second-order valence-electron chi connectivity index (χ2n) is 4.68. The predicted octanol–water partition coefficient (Wildman–Crippen LogP) is 1.76. The van der Waals surface area contributed by atoms with E-state index in [-0.39, 0.29) is 18.7 Å². The van der Waals surface area contributed by atoms with E-state index >= 15 is 0 Å². The van der Waals surface area contributed by atoms with Gasteiger partial charge in [-0.05, 0) is 17.7 Å². The van der Waals surface area contributed by atoms with Gasteiger partial charge in [-0.2, -0.15) is 5.10 Å². The van der Waals surface area contributed by atoms with Crippen LogP contribution in [0.25, 0.3) is 0 Å². The Morgan fingerprint density at radius 1 is 1.41 bits per heavy atom. The molecule has 7 nitrogen and oxygen atoms in total. The summed E-state index contributed by atoms with van der Waals surface area (Å²) in [7, 11) is 0. The molecular weight excluding hydrogens is 352 g/mol. The van der Waals surface area contributed by atoms with Gasteiger partial charge in [0.05, 0.1) is 19.0 Å². The van der Waals surface area contributed by atoms with Crippen LogP contribution in [0.4, 0.5) is 0 Å². The van der Waals surface area contributed by atoms with Gasteiger partial charge in [-0.15, -0.1) is 0 Å². The van der Waals surface area contributed by atoms with Gasteiger partial charge in [0.15, 0.2) is 0 Å². The lowest BCUT2D eigenvalue weighted by Crippen LogP contribution is -2.30. The molecule has 0 aliphatic rings. The van der Waals surface area contributed by atoms with Crippen LogP contribution in [0.15, 0.2) is 41.4 Å². The Bertz CT molecular complexity index is 645. The molecule has 0 radical (unpaired) electrons. The molecule has 0 bridgehead atoms. The first-order chi connectivity index (χ1) is 10.5. The van der Waals surface area contributed by atoms with Gasteiger partial charge in [-0.1, -0.05) is 28.1 Å². The number of benzene rings is 1. The van der Waals surface area contributed by atoms with E-state index in [1.807, 2.05) is 6.07 Å². The van der Waals surface area contributed by atoms with E-state index in [4.69, 9.17) is 5.11 Å². The van der Waals surface area contributed by atoms with Crippen LogP contribution in [-0.2, 0) is 16.1 Å². The van der Waals surface area contributed by atoms with Gasteiger partial charge >= 0.3 is 5.97 Å². The van der Waals surface area contributed by atoms with Crippen LogP contribution in [-0.4, -0.2) is 31.7 Å². The van der Waals surface area contributed by atoms with E-state index in [1.165, 1.54) is 12.7 Å². The van der Waals surface area contributed by atoms with E-state index in [9.17, 15) is 9.59 Å². The number of hydrogen-bond acceptors (Lipinski definition) is 4. The summed E-state index contributed by atoms with van der Waals surface area (Å²) in [6, 6.07) is 6.66. The fourth-order valence-corrected chi connectivity index (χ4v) is 2.40. The van der Waals surface area contributed by atoms with E-state index < -0.39 is 12.0 Å². The average molecular weight is 367 g/mol. The minimum absolute atomic E-state index is 0.175. The molecule has 8 heteroatoms. The smallest absolute Gasteiger partial charge is 0.305 e. The van der Waals surface area contributed by atoms with Crippen LogP contribution < -0.4 is 5.32 Å². The SMILES string of the molecule is O=C(O)CC(NC(=O)CCn1cncn1)c1cccc(Br)c1. The molecule has 116 valence electrons. The lowest BCUT2D eigenvalue weighted by molar-refractivity contribution is -0.137. The van der Waals surface area contributed by atoms with Gasteiger partial charge in [0.2, 0.25) is 5.91 Å². The monoisotopic (exact) mass is 366 g/mol. The summed E-state index contributed by atoms with van der Waals surface area (Å²) >= 11 is 3.34. The minimum atomic E-state index is -0.971. The maximum absolute atomic E-state index is 12.0. The summed E-state index contributed by atoms with van der Waals surface area (Å²) < 4.78 is 2.38. The van der Waals surface area contributed by atoms with Gasteiger partial charge in [0.25, 0.3) is 0 Å². The van der Waals surface area contributed by atoms with Gasteiger partial charge in [-0.3, -0.25) is 14.3 Å². The molecule has 0 saturated carbocycles. The van der Waals surface area contributed by atoms with E-state index in [2.05, 4.69) is 31.3 Å². The predicted molar refractivity (Wildman–Crippen MR) is 81.9 cm³/mol.